The first-order valence-corrected chi connectivity index (χ1v) is 5.86. The van der Waals surface area contributed by atoms with E-state index in [0.29, 0.717) is 5.56 Å². The predicted molar refractivity (Wildman–Crippen MR) is 65.6 cm³/mol. The molecule has 0 spiro atoms. The van der Waals surface area contributed by atoms with E-state index in [2.05, 4.69) is 5.32 Å². The highest BCUT2D eigenvalue weighted by Crippen LogP contribution is 2.19. The standard InChI is InChI=1S/C13H17NO3/c1-9-4-5-10(13(15)16)7-12(9)14-8-11-3-2-6-17-11/h4-5,7,11,14H,2-3,6,8H2,1H3,(H,15,16). The average molecular weight is 235 g/mol. The van der Waals surface area contributed by atoms with Gasteiger partial charge in [0.1, 0.15) is 0 Å². The van der Waals surface area contributed by atoms with Gasteiger partial charge in [-0.1, -0.05) is 6.07 Å². The molecular formula is C13H17NO3. The molecule has 4 nitrogen and oxygen atoms in total. The molecule has 1 aromatic carbocycles. The lowest BCUT2D eigenvalue weighted by Gasteiger charge is -2.14. The highest BCUT2D eigenvalue weighted by molar-refractivity contribution is 5.89. The van der Waals surface area contributed by atoms with E-state index in [-0.39, 0.29) is 6.10 Å². The minimum atomic E-state index is -0.898. The van der Waals surface area contributed by atoms with Crippen molar-refractivity contribution in [3.8, 4) is 0 Å². The predicted octanol–water partition coefficient (Wildman–Crippen LogP) is 2.28. The summed E-state index contributed by atoms with van der Waals surface area (Å²) in [6, 6.07) is 5.11. The summed E-state index contributed by atoms with van der Waals surface area (Å²) < 4.78 is 5.51. The van der Waals surface area contributed by atoms with E-state index in [4.69, 9.17) is 9.84 Å². The van der Waals surface area contributed by atoms with Gasteiger partial charge in [-0.15, -0.1) is 0 Å². The number of carboxylic acid groups (broad SMARTS) is 1. The first-order chi connectivity index (χ1) is 8.16. The highest BCUT2D eigenvalue weighted by Gasteiger charge is 2.15. The van der Waals surface area contributed by atoms with Crippen LogP contribution < -0.4 is 5.32 Å². The molecule has 92 valence electrons. The maximum atomic E-state index is 10.9. The zero-order chi connectivity index (χ0) is 12.3. The SMILES string of the molecule is Cc1ccc(C(=O)O)cc1NCC1CCCO1. The molecule has 1 heterocycles. The van der Waals surface area contributed by atoms with Crippen LogP contribution in [-0.2, 0) is 4.74 Å². The van der Waals surface area contributed by atoms with Crippen molar-refractivity contribution in [3.63, 3.8) is 0 Å². The number of ether oxygens (including phenoxy) is 1. The minimum absolute atomic E-state index is 0.253. The second-order valence-corrected chi connectivity index (χ2v) is 4.35. The van der Waals surface area contributed by atoms with Gasteiger partial charge in [-0.25, -0.2) is 4.79 Å². The van der Waals surface area contributed by atoms with Gasteiger partial charge < -0.3 is 15.2 Å². The monoisotopic (exact) mass is 235 g/mol. The number of benzene rings is 1. The molecule has 0 aliphatic carbocycles. The Morgan fingerprint density at radius 1 is 1.59 bits per heavy atom. The van der Waals surface area contributed by atoms with Gasteiger partial charge in [0.15, 0.2) is 0 Å². The molecule has 0 radical (unpaired) electrons. The van der Waals surface area contributed by atoms with Crippen LogP contribution in [0, 0.1) is 6.92 Å². The summed E-state index contributed by atoms with van der Waals surface area (Å²) in [6.45, 7) is 3.54. The minimum Gasteiger partial charge on any atom is -0.478 e. The third kappa shape index (κ3) is 2.97. The fourth-order valence-corrected chi connectivity index (χ4v) is 1.97. The fraction of sp³-hybridized carbons (Fsp3) is 0.462. The van der Waals surface area contributed by atoms with Gasteiger partial charge in [0.25, 0.3) is 0 Å². The van der Waals surface area contributed by atoms with Crippen LogP contribution in [-0.4, -0.2) is 30.3 Å². The van der Waals surface area contributed by atoms with E-state index < -0.39 is 5.97 Å². The number of hydrogen-bond acceptors (Lipinski definition) is 3. The molecule has 1 aliphatic rings. The van der Waals surface area contributed by atoms with E-state index >= 15 is 0 Å². The number of carboxylic acids is 1. The molecule has 1 aliphatic heterocycles. The molecule has 1 unspecified atom stereocenters. The van der Waals surface area contributed by atoms with Crippen molar-refractivity contribution < 1.29 is 14.6 Å². The van der Waals surface area contributed by atoms with Crippen LogP contribution in [0.1, 0.15) is 28.8 Å². The third-order valence-corrected chi connectivity index (χ3v) is 3.03. The number of aromatic carboxylic acids is 1. The molecular weight excluding hydrogens is 218 g/mol. The normalized spacial score (nSPS) is 19.2. The Morgan fingerprint density at radius 2 is 2.41 bits per heavy atom. The van der Waals surface area contributed by atoms with Crippen molar-refractivity contribution in [1.29, 1.82) is 0 Å². The summed E-state index contributed by atoms with van der Waals surface area (Å²) in [6.07, 6.45) is 2.44. The molecule has 0 amide bonds. The van der Waals surface area contributed by atoms with Crippen molar-refractivity contribution >= 4 is 11.7 Å². The Bertz CT molecular complexity index is 411. The Hall–Kier alpha value is -1.55. The Morgan fingerprint density at radius 3 is 3.06 bits per heavy atom. The number of anilines is 1. The third-order valence-electron chi connectivity index (χ3n) is 3.03. The van der Waals surface area contributed by atoms with Gasteiger partial charge in [0.05, 0.1) is 11.7 Å². The summed E-state index contributed by atoms with van der Waals surface area (Å²) in [5, 5.41) is 12.2. The van der Waals surface area contributed by atoms with E-state index in [9.17, 15) is 4.79 Å². The molecule has 2 rings (SSSR count). The summed E-state index contributed by atoms with van der Waals surface area (Å²) in [7, 11) is 0. The molecule has 4 heteroatoms. The van der Waals surface area contributed by atoms with Gasteiger partial charge in [0, 0.05) is 18.8 Å². The fourth-order valence-electron chi connectivity index (χ4n) is 1.97. The molecule has 1 saturated heterocycles. The number of rotatable bonds is 4. The Kier molecular flexibility index (Phi) is 3.64. The quantitative estimate of drug-likeness (QED) is 0.840. The smallest absolute Gasteiger partial charge is 0.335 e. The number of aryl methyl sites for hydroxylation is 1. The van der Waals surface area contributed by atoms with E-state index in [1.165, 1.54) is 0 Å². The molecule has 1 aromatic rings. The Balaban J connectivity index is 2.03. The van der Waals surface area contributed by atoms with Crippen molar-refractivity contribution in [2.75, 3.05) is 18.5 Å². The molecule has 0 bridgehead atoms. The first-order valence-electron chi connectivity index (χ1n) is 5.86. The van der Waals surface area contributed by atoms with Crippen LogP contribution in [0.5, 0.6) is 0 Å². The van der Waals surface area contributed by atoms with E-state index in [1.54, 1.807) is 12.1 Å². The zero-order valence-electron chi connectivity index (χ0n) is 9.90. The van der Waals surface area contributed by atoms with Gasteiger partial charge in [-0.05, 0) is 37.5 Å². The number of hydrogen-bond donors (Lipinski definition) is 2. The lowest BCUT2D eigenvalue weighted by atomic mass is 10.1. The lowest BCUT2D eigenvalue weighted by Crippen LogP contribution is -2.19. The van der Waals surface area contributed by atoms with Crippen molar-refractivity contribution in [3.05, 3.63) is 29.3 Å². The molecule has 0 aromatic heterocycles. The number of carbonyl (C=O) groups is 1. The van der Waals surface area contributed by atoms with Gasteiger partial charge in [-0.2, -0.15) is 0 Å². The van der Waals surface area contributed by atoms with Crippen molar-refractivity contribution in [1.82, 2.24) is 0 Å². The molecule has 17 heavy (non-hydrogen) atoms. The largest absolute Gasteiger partial charge is 0.478 e. The Labute approximate surface area is 101 Å². The van der Waals surface area contributed by atoms with Crippen LogP contribution in [0.15, 0.2) is 18.2 Å². The van der Waals surface area contributed by atoms with Crippen LogP contribution in [0.4, 0.5) is 5.69 Å². The lowest BCUT2D eigenvalue weighted by molar-refractivity contribution is 0.0697. The van der Waals surface area contributed by atoms with Gasteiger partial charge >= 0.3 is 5.97 Å². The molecule has 1 atom stereocenters. The summed E-state index contributed by atoms with van der Waals surface area (Å²) in [5.41, 5.74) is 2.24. The topological polar surface area (TPSA) is 58.6 Å². The van der Waals surface area contributed by atoms with E-state index in [1.807, 2.05) is 13.0 Å². The van der Waals surface area contributed by atoms with Crippen LogP contribution in [0.2, 0.25) is 0 Å². The van der Waals surface area contributed by atoms with Crippen molar-refractivity contribution in [2.45, 2.75) is 25.9 Å². The molecule has 1 fully saturated rings. The number of nitrogens with one attached hydrogen (secondary N) is 1. The summed E-state index contributed by atoms with van der Waals surface area (Å²) in [4.78, 5) is 10.9. The highest BCUT2D eigenvalue weighted by atomic mass is 16.5. The zero-order valence-corrected chi connectivity index (χ0v) is 9.90. The van der Waals surface area contributed by atoms with Crippen LogP contribution >= 0.6 is 0 Å². The maximum absolute atomic E-state index is 10.9. The van der Waals surface area contributed by atoms with Crippen molar-refractivity contribution in [2.24, 2.45) is 0 Å². The van der Waals surface area contributed by atoms with Crippen LogP contribution in [0.3, 0.4) is 0 Å². The summed E-state index contributed by atoms with van der Waals surface area (Å²) in [5.74, 6) is -0.898. The van der Waals surface area contributed by atoms with E-state index in [0.717, 1.165) is 37.2 Å². The van der Waals surface area contributed by atoms with Gasteiger partial charge in [0.2, 0.25) is 0 Å². The first kappa shape index (κ1) is 11.9. The molecule has 2 N–H and O–H groups in total. The van der Waals surface area contributed by atoms with Crippen LogP contribution in [0.25, 0.3) is 0 Å². The average Bonchev–Trinajstić information content (AvgIpc) is 2.80. The second kappa shape index (κ2) is 5.19. The summed E-state index contributed by atoms with van der Waals surface area (Å²) >= 11 is 0. The maximum Gasteiger partial charge on any atom is 0.335 e. The van der Waals surface area contributed by atoms with Gasteiger partial charge in [-0.3, -0.25) is 0 Å². The molecule has 0 saturated carbocycles. The second-order valence-electron chi connectivity index (χ2n) is 4.35.